The zero-order chi connectivity index (χ0) is 20.1. The molecule has 2 rings (SSSR count). The van der Waals surface area contributed by atoms with Gasteiger partial charge in [0.25, 0.3) is 0 Å². The first-order valence-corrected chi connectivity index (χ1v) is 8.95. The topological polar surface area (TPSA) is 46.8 Å². The Labute approximate surface area is 159 Å². The molecule has 0 saturated carbocycles. The molecule has 146 valence electrons. The van der Waals surface area contributed by atoms with Crippen LogP contribution in [0, 0.1) is 0 Å². The van der Waals surface area contributed by atoms with Crippen LogP contribution in [0.15, 0.2) is 29.1 Å². The third kappa shape index (κ3) is 6.51. The van der Waals surface area contributed by atoms with Crippen molar-refractivity contribution in [1.82, 2.24) is 9.38 Å². The van der Waals surface area contributed by atoms with E-state index in [4.69, 9.17) is 4.74 Å². The summed E-state index contributed by atoms with van der Waals surface area (Å²) in [6, 6.07) is 1.54. The van der Waals surface area contributed by atoms with E-state index in [9.17, 15) is 18.0 Å². The first-order chi connectivity index (χ1) is 12.0. The van der Waals surface area contributed by atoms with Gasteiger partial charge in [0.1, 0.15) is 5.60 Å². The van der Waals surface area contributed by atoms with Crippen molar-refractivity contribution >= 4 is 33.4 Å². The average molecular weight is 438 g/mol. The van der Waals surface area contributed by atoms with E-state index in [0.29, 0.717) is 10.1 Å². The van der Waals surface area contributed by atoms with Gasteiger partial charge < -0.3 is 9.14 Å². The first kappa shape index (κ1) is 22.3. The Morgan fingerprint density at radius 3 is 2.46 bits per heavy atom. The summed E-state index contributed by atoms with van der Waals surface area (Å²) in [5.41, 5.74) is -0.218. The number of halogens is 4. The summed E-state index contributed by atoms with van der Waals surface area (Å²) in [7, 11) is 0. The highest BCUT2D eigenvalue weighted by molar-refractivity contribution is 9.10. The molecule has 9 heteroatoms. The molecule has 0 N–H and O–H groups in total. The molecule has 0 fully saturated rings. The van der Waals surface area contributed by atoms with E-state index in [1.165, 1.54) is 6.20 Å². The second kappa shape index (κ2) is 8.75. The molecule has 0 spiro atoms. The van der Waals surface area contributed by atoms with E-state index in [0.717, 1.165) is 4.90 Å². The van der Waals surface area contributed by atoms with Crippen molar-refractivity contribution in [2.75, 3.05) is 11.4 Å². The predicted octanol–water partition coefficient (Wildman–Crippen LogP) is 5.82. The summed E-state index contributed by atoms with van der Waals surface area (Å²) in [4.78, 5) is 17.5. The largest absolute Gasteiger partial charge is 0.443 e. The number of carbonyl (C=O) groups is 1. The van der Waals surface area contributed by atoms with Gasteiger partial charge in [-0.2, -0.15) is 13.2 Å². The lowest BCUT2D eigenvalue weighted by Crippen LogP contribution is -2.39. The van der Waals surface area contributed by atoms with E-state index >= 15 is 0 Å². The van der Waals surface area contributed by atoms with Crippen molar-refractivity contribution in [1.29, 1.82) is 0 Å². The number of imidazole rings is 1. The summed E-state index contributed by atoms with van der Waals surface area (Å²) < 4.78 is 45.4. The number of rotatable bonds is 3. The fraction of sp³-hybridized carbons (Fsp3) is 0.529. The second-order valence-corrected chi connectivity index (χ2v) is 7.11. The molecule has 0 aliphatic heterocycles. The third-order valence-corrected chi connectivity index (χ3v) is 3.39. The smallest absolute Gasteiger partial charge is 0.414 e. The van der Waals surface area contributed by atoms with Crippen LogP contribution in [0.5, 0.6) is 0 Å². The zero-order valence-corrected chi connectivity index (χ0v) is 17.0. The molecule has 2 aromatic rings. The Hall–Kier alpha value is -1.77. The number of pyridine rings is 1. The Balaban J connectivity index is 0.00000163. The van der Waals surface area contributed by atoms with E-state index in [1.54, 1.807) is 43.6 Å². The Bertz CT molecular complexity index is 739. The van der Waals surface area contributed by atoms with Crippen molar-refractivity contribution < 1.29 is 22.7 Å². The van der Waals surface area contributed by atoms with Crippen molar-refractivity contribution in [2.24, 2.45) is 0 Å². The van der Waals surface area contributed by atoms with Crippen LogP contribution in [0.3, 0.4) is 0 Å². The van der Waals surface area contributed by atoms with E-state index in [1.807, 2.05) is 13.8 Å². The maximum atomic E-state index is 12.7. The number of anilines is 1. The highest BCUT2D eigenvalue weighted by Crippen LogP contribution is 2.29. The highest BCUT2D eigenvalue weighted by atomic mass is 79.9. The van der Waals surface area contributed by atoms with Gasteiger partial charge in [-0.15, -0.1) is 0 Å². The molecule has 2 aromatic heterocycles. The monoisotopic (exact) mass is 437 g/mol. The van der Waals surface area contributed by atoms with Crippen molar-refractivity contribution in [3.8, 4) is 0 Å². The lowest BCUT2D eigenvalue weighted by atomic mass is 10.2. The Kier molecular flexibility index (Phi) is 7.49. The first-order valence-electron chi connectivity index (χ1n) is 8.16. The summed E-state index contributed by atoms with van der Waals surface area (Å²) in [5.74, 6) is 0. The van der Waals surface area contributed by atoms with Gasteiger partial charge in [0.15, 0.2) is 5.65 Å². The molecule has 0 bridgehead atoms. The molecule has 0 saturated heterocycles. The fourth-order valence-corrected chi connectivity index (χ4v) is 2.48. The second-order valence-electron chi connectivity index (χ2n) is 6.20. The van der Waals surface area contributed by atoms with Crippen LogP contribution in [0.2, 0.25) is 0 Å². The highest BCUT2D eigenvalue weighted by Gasteiger charge is 2.32. The number of hydrogen-bond acceptors (Lipinski definition) is 3. The summed E-state index contributed by atoms with van der Waals surface area (Å²) in [6.45, 7) is 8.40. The predicted molar refractivity (Wildman–Crippen MR) is 98.5 cm³/mol. The summed E-state index contributed by atoms with van der Waals surface area (Å²) in [5, 5.41) is 0. The quantitative estimate of drug-likeness (QED) is 0.607. The minimum Gasteiger partial charge on any atom is -0.443 e. The maximum absolute atomic E-state index is 12.7. The van der Waals surface area contributed by atoms with Crippen LogP contribution in [-0.2, 0) is 4.74 Å². The zero-order valence-electron chi connectivity index (χ0n) is 15.4. The number of alkyl halides is 3. The van der Waals surface area contributed by atoms with Crippen LogP contribution < -0.4 is 4.90 Å². The van der Waals surface area contributed by atoms with Crippen LogP contribution in [0.1, 0.15) is 41.0 Å². The SMILES string of the molecule is CC.CC(C)(C)OC(=O)N(CCC(F)(F)F)c1cc(Br)cn2ccnc12. The van der Waals surface area contributed by atoms with Crippen molar-refractivity contribution in [2.45, 2.75) is 52.8 Å². The molecule has 0 unspecified atom stereocenters. The van der Waals surface area contributed by atoms with Crippen LogP contribution in [0.25, 0.3) is 5.65 Å². The molecule has 2 heterocycles. The van der Waals surface area contributed by atoms with Gasteiger partial charge in [-0.3, -0.25) is 4.90 Å². The van der Waals surface area contributed by atoms with Gasteiger partial charge in [0.05, 0.1) is 12.1 Å². The van der Waals surface area contributed by atoms with Gasteiger partial charge in [-0.25, -0.2) is 9.78 Å². The number of amides is 1. The number of nitrogens with zero attached hydrogens (tertiary/aromatic N) is 3. The molecule has 0 aromatic carbocycles. The van der Waals surface area contributed by atoms with Gasteiger partial charge in [-0.05, 0) is 42.8 Å². The Morgan fingerprint density at radius 1 is 1.31 bits per heavy atom. The van der Waals surface area contributed by atoms with E-state index in [2.05, 4.69) is 20.9 Å². The molecule has 0 atom stereocenters. The maximum Gasteiger partial charge on any atom is 0.414 e. The number of hydrogen-bond donors (Lipinski definition) is 0. The molecule has 0 radical (unpaired) electrons. The lowest BCUT2D eigenvalue weighted by Gasteiger charge is -2.28. The number of ether oxygens (including phenoxy) is 1. The van der Waals surface area contributed by atoms with Gasteiger partial charge >= 0.3 is 12.3 Å². The summed E-state index contributed by atoms with van der Waals surface area (Å²) >= 11 is 3.29. The van der Waals surface area contributed by atoms with E-state index in [-0.39, 0.29) is 5.69 Å². The average Bonchev–Trinajstić information content (AvgIpc) is 2.94. The normalized spacial score (nSPS) is 11.7. The molecular weight excluding hydrogens is 415 g/mol. The minimum absolute atomic E-state index is 0.243. The molecule has 0 aliphatic rings. The fourth-order valence-electron chi connectivity index (χ4n) is 2.05. The minimum atomic E-state index is -4.39. The number of aromatic nitrogens is 2. The molecule has 0 aliphatic carbocycles. The standard InChI is InChI=1S/C15H17BrF3N3O2.C2H6/c1-14(2,3)24-13(23)22(6-4-15(17,18)19)11-8-10(16)9-21-7-5-20-12(11)21;1-2/h5,7-9H,4,6H2,1-3H3;1-2H3. The summed E-state index contributed by atoms with van der Waals surface area (Å²) in [6.07, 6.45) is -1.55. The molecule has 26 heavy (non-hydrogen) atoms. The van der Waals surface area contributed by atoms with E-state index < -0.39 is 30.8 Å². The van der Waals surface area contributed by atoms with Gasteiger partial charge in [0.2, 0.25) is 0 Å². The number of carbonyl (C=O) groups excluding carboxylic acids is 1. The van der Waals surface area contributed by atoms with Gasteiger partial charge in [0, 0.05) is 29.6 Å². The van der Waals surface area contributed by atoms with Gasteiger partial charge in [-0.1, -0.05) is 13.8 Å². The molecule has 5 nitrogen and oxygen atoms in total. The van der Waals surface area contributed by atoms with Crippen LogP contribution in [-0.4, -0.2) is 33.8 Å². The van der Waals surface area contributed by atoms with Crippen LogP contribution in [0.4, 0.5) is 23.7 Å². The van der Waals surface area contributed by atoms with Crippen molar-refractivity contribution in [3.63, 3.8) is 0 Å². The van der Waals surface area contributed by atoms with Crippen LogP contribution >= 0.6 is 15.9 Å². The Morgan fingerprint density at radius 2 is 1.92 bits per heavy atom. The molecule has 1 amide bonds. The third-order valence-electron chi connectivity index (χ3n) is 2.96. The van der Waals surface area contributed by atoms with Crippen molar-refractivity contribution in [3.05, 3.63) is 29.1 Å². The number of fused-ring (bicyclic) bond motifs is 1. The lowest BCUT2D eigenvalue weighted by molar-refractivity contribution is -0.132. The molecular formula is C17H23BrF3N3O2.